The molecule has 33 heavy (non-hydrogen) atoms. The quantitative estimate of drug-likeness (QED) is 0.440. The van der Waals surface area contributed by atoms with E-state index in [1.807, 2.05) is 16.5 Å². The molecule has 2 aliphatic rings. The zero-order chi connectivity index (χ0) is 22.9. The molecule has 4 aromatic rings. The van der Waals surface area contributed by atoms with Crippen molar-refractivity contribution < 1.29 is 17.9 Å². The van der Waals surface area contributed by atoms with Gasteiger partial charge in [0, 0.05) is 35.2 Å². The zero-order valence-electron chi connectivity index (χ0n) is 18.1. The van der Waals surface area contributed by atoms with Gasteiger partial charge in [0.1, 0.15) is 17.2 Å². The summed E-state index contributed by atoms with van der Waals surface area (Å²) in [5, 5.41) is 10.2. The number of phenolic OH excluding ortho intramolecular Hbond substituents is 1. The highest BCUT2D eigenvalue weighted by Crippen LogP contribution is 2.47. The van der Waals surface area contributed by atoms with E-state index in [0.29, 0.717) is 29.6 Å². The van der Waals surface area contributed by atoms with E-state index in [2.05, 4.69) is 6.92 Å². The maximum Gasteiger partial charge on any atom is 0.181 e. The van der Waals surface area contributed by atoms with Crippen molar-refractivity contribution in [1.82, 2.24) is 9.38 Å². The maximum absolute atomic E-state index is 15.1. The summed E-state index contributed by atoms with van der Waals surface area (Å²) in [5.74, 6) is -0.0264. The molecule has 1 fully saturated rings. The Morgan fingerprint density at radius 1 is 1.09 bits per heavy atom. The van der Waals surface area contributed by atoms with Crippen molar-refractivity contribution in [3.63, 3.8) is 0 Å². The monoisotopic (exact) mass is 462 g/mol. The van der Waals surface area contributed by atoms with Crippen LogP contribution >= 0.6 is 0 Å². The predicted molar refractivity (Wildman–Crippen MR) is 124 cm³/mol. The lowest BCUT2D eigenvalue weighted by Gasteiger charge is -2.15. The van der Waals surface area contributed by atoms with Gasteiger partial charge < -0.3 is 9.51 Å². The first-order chi connectivity index (χ1) is 15.8. The van der Waals surface area contributed by atoms with Crippen LogP contribution < -0.4 is 0 Å². The molecule has 7 heteroatoms. The van der Waals surface area contributed by atoms with E-state index in [1.54, 1.807) is 42.6 Å². The third kappa shape index (κ3) is 3.17. The Hall–Kier alpha value is -3.19. The number of aromatic nitrogens is 2. The summed E-state index contributed by atoms with van der Waals surface area (Å²) < 4.78 is 42.0. The summed E-state index contributed by atoms with van der Waals surface area (Å²) in [6.07, 6.45) is 3.97. The molecule has 0 bridgehead atoms. The first-order valence-corrected chi connectivity index (χ1v) is 12.7. The smallest absolute Gasteiger partial charge is 0.181 e. The fourth-order valence-electron chi connectivity index (χ4n) is 5.05. The van der Waals surface area contributed by atoms with Crippen LogP contribution in [-0.4, -0.2) is 28.2 Å². The first-order valence-electron chi connectivity index (χ1n) is 11.2. The van der Waals surface area contributed by atoms with Crippen molar-refractivity contribution in [3.05, 3.63) is 83.6 Å². The van der Waals surface area contributed by atoms with Gasteiger partial charge in [0.15, 0.2) is 9.84 Å². The van der Waals surface area contributed by atoms with Gasteiger partial charge in [-0.05, 0) is 43.0 Å². The van der Waals surface area contributed by atoms with E-state index < -0.39 is 15.7 Å². The third-order valence-corrected chi connectivity index (χ3v) is 9.21. The lowest BCUT2D eigenvalue weighted by atomic mass is 9.94. The number of fused-ring (bicyclic) bond motifs is 3. The molecule has 0 unspecified atom stereocenters. The van der Waals surface area contributed by atoms with Crippen molar-refractivity contribution in [2.75, 3.05) is 0 Å². The topological polar surface area (TPSA) is 71.7 Å². The van der Waals surface area contributed by atoms with Crippen LogP contribution in [0.4, 0.5) is 4.39 Å². The number of sulfone groups is 1. The van der Waals surface area contributed by atoms with Gasteiger partial charge >= 0.3 is 0 Å². The Morgan fingerprint density at radius 2 is 1.82 bits per heavy atom. The summed E-state index contributed by atoms with van der Waals surface area (Å²) in [6, 6.07) is 15.2. The Balaban J connectivity index is 1.47. The number of pyridine rings is 1. The van der Waals surface area contributed by atoms with Crippen LogP contribution in [-0.2, 0) is 9.84 Å². The van der Waals surface area contributed by atoms with Crippen LogP contribution in [0.5, 0.6) is 5.75 Å². The number of aromatic hydroxyl groups is 1. The van der Waals surface area contributed by atoms with E-state index in [1.165, 1.54) is 6.07 Å². The minimum absolute atomic E-state index is 0.0458. The molecule has 1 N–H and O–H groups in total. The molecule has 0 saturated heterocycles. The van der Waals surface area contributed by atoms with Crippen molar-refractivity contribution in [2.45, 2.75) is 48.2 Å². The van der Waals surface area contributed by atoms with Gasteiger partial charge in [0.25, 0.3) is 0 Å². The highest BCUT2D eigenvalue weighted by Gasteiger charge is 2.37. The zero-order valence-corrected chi connectivity index (χ0v) is 18.9. The molecule has 0 radical (unpaired) electrons. The molecule has 2 aromatic heterocycles. The number of halogens is 1. The number of imidazole rings is 1. The molecule has 168 valence electrons. The standard InChI is InChI=1S/C26H23FN2O3S/c1-15-12-20(19-4-2-3-5-23(19)30)26-25(15)28-24-13-22(27)21(14-29(24)26)16-6-8-17(9-7-16)33(31,32)18-10-11-18/h2-9,13-15,18,20,30H,10-12H2,1H3/t15-,20-/m1/s1. The van der Waals surface area contributed by atoms with E-state index in [4.69, 9.17) is 4.98 Å². The fraction of sp³-hybridized carbons (Fsp3) is 0.269. The third-order valence-electron chi connectivity index (χ3n) is 6.93. The highest BCUT2D eigenvalue weighted by atomic mass is 32.2. The second-order valence-electron chi connectivity index (χ2n) is 9.16. The van der Waals surface area contributed by atoms with Crippen LogP contribution in [0.15, 0.2) is 65.7 Å². The van der Waals surface area contributed by atoms with Gasteiger partial charge in [-0.2, -0.15) is 0 Å². The molecule has 2 aromatic carbocycles. The van der Waals surface area contributed by atoms with E-state index >= 15 is 4.39 Å². The SMILES string of the molecule is C[C@@H]1C[C@H](c2ccccc2O)c2c1nc1cc(F)c(-c3ccc(S(=O)(=O)C4CC4)cc3)cn21. The summed E-state index contributed by atoms with van der Waals surface area (Å²) >= 11 is 0. The van der Waals surface area contributed by atoms with Crippen molar-refractivity contribution in [3.8, 4) is 16.9 Å². The van der Waals surface area contributed by atoms with Crippen LogP contribution in [0, 0.1) is 5.82 Å². The molecule has 0 amide bonds. The second-order valence-corrected chi connectivity index (χ2v) is 11.4. The fourth-order valence-corrected chi connectivity index (χ4v) is 6.71. The number of phenols is 1. The van der Waals surface area contributed by atoms with Gasteiger partial charge in [-0.15, -0.1) is 0 Å². The molecule has 2 aliphatic carbocycles. The lowest BCUT2D eigenvalue weighted by Crippen LogP contribution is -2.06. The van der Waals surface area contributed by atoms with Gasteiger partial charge in [-0.1, -0.05) is 37.3 Å². The van der Waals surface area contributed by atoms with E-state index in [9.17, 15) is 13.5 Å². The maximum atomic E-state index is 15.1. The van der Waals surface area contributed by atoms with Crippen LogP contribution in [0.2, 0.25) is 0 Å². The average molecular weight is 463 g/mol. The Bertz CT molecular complexity index is 1500. The molecule has 0 spiro atoms. The molecule has 0 aliphatic heterocycles. The molecule has 1 saturated carbocycles. The van der Waals surface area contributed by atoms with Gasteiger partial charge in [-0.3, -0.25) is 0 Å². The summed E-state index contributed by atoms with van der Waals surface area (Å²) in [4.78, 5) is 4.99. The first kappa shape index (κ1) is 20.4. The molecule has 2 atom stereocenters. The molecular formula is C26H23FN2O3S. The Labute approximate surface area is 191 Å². The summed E-state index contributed by atoms with van der Waals surface area (Å²) in [5.41, 5.74) is 4.25. The minimum atomic E-state index is -3.29. The molecule has 6 rings (SSSR count). The minimum Gasteiger partial charge on any atom is -0.508 e. The van der Waals surface area contributed by atoms with Crippen molar-refractivity contribution in [1.29, 1.82) is 0 Å². The molecule has 2 heterocycles. The van der Waals surface area contributed by atoms with Crippen LogP contribution in [0.25, 0.3) is 16.8 Å². The summed E-state index contributed by atoms with van der Waals surface area (Å²) in [7, 11) is -3.29. The van der Waals surface area contributed by atoms with E-state index in [0.717, 1.165) is 23.4 Å². The lowest BCUT2D eigenvalue weighted by molar-refractivity contribution is 0.462. The highest BCUT2D eigenvalue weighted by molar-refractivity contribution is 7.92. The van der Waals surface area contributed by atoms with Gasteiger partial charge in [0.05, 0.1) is 21.5 Å². The van der Waals surface area contributed by atoms with Gasteiger partial charge in [0.2, 0.25) is 0 Å². The Kier molecular flexibility index (Phi) is 4.43. The number of hydrogen-bond donors (Lipinski definition) is 1. The number of hydrogen-bond acceptors (Lipinski definition) is 4. The average Bonchev–Trinajstić information content (AvgIpc) is 3.54. The van der Waals surface area contributed by atoms with Gasteiger partial charge in [-0.25, -0.2) is 17.8 Å². The van der Waals surface area contributed by atoms with E-state index in [-0.39, 0.29) is 27.7 Å². The Morgan fingerprint density at radius 3 is 2.52 bits per heavy atom. The van der Waals surface area contributed by atoms with Crippen molar-refractivity contribution in [2.24, 2.45) is 0 Å². The van der Waals surface area contributed by atoms with Crippen LogP contribution in [0.1, 0.15) is 55.0 Å². The summed E-state index contributed by atoms with van der Waals surface area (Å²) in [6.45, 7) is 2.10. The van der Waals surface area contributed by atoms with Crippen LogP contribution in [0.3, 0.4) is 0 Å². The number of para-hydroxylation sites is 1. The van der Waals surface area contributed by atoms with Crippen molar-refractivity contribution >= 4 is 15.5 Å². The number of nitrogens with zero attached hydrogens (tertiary/aromatic N) is 2. The number of rotatable bonds is 4. The predicted octanol–water partition coefficient (Wildman–Crippen LogP) is 5.42. The molecule has 5 nitrogen and oxygen atoms in total. The molecular weight excluding hydrogens is 439 g/mol. The normalized spacial score (nSPS) is 20.3. The second kappa shape index (κ2) is 7.15. The number of benzene rings is 2. The largest absolute Gasteiger partial charge is 0.508 e.